The summed E-state index contributed by atoms with van der Waals surface area (Å²) in [4.78, 5) is 10.3. The highest BCUT2D eigenvalue weighted by molar-refractivity contribution is 7.89. The molecule has 2 heterocycles. The highest BCUT2D eigenvalue weighted by atomic mass is 32.2. The van der Waals surface area contributed by atoms with E-state index in [0.717, 1.165) is 12.5 Å². The van der Waals surface area contributed by atoms with Gasteiger partial charge in [-0.25, -0.2) is 8.42 Å². The Morgan fingerprint density at radius 3 is 2.58 bits per heavy atom. The van der Waals surface area contributed by atoms with Crippen molar-refractivity contribution in [1.82, 2.24) is 9.62 Å². The summed E-state index contributed by atoms with van der Waals surface area (Å²) in [5, 5.41) is 14.4. The van der Waals surface area contributed by atoms with E-state index in [9.17, 15) is 18.5 Å². The Balaban J connectivity index is 2.04. The first-order chi connectivity index (χ1) is 11.4. The molecule has 2 aliphatic heterocycles. The molecule has 0 radical (unpaired) electrons. The van der Waals surface area contributed by atoms with Gasteiger partial charge >= 0.3 is 0 Å². The van der Waals surface area contributed by atoms with Gasteiger partial charge in [-0.05, 0) is 19.9 Å². The molecule has 1 saturated heterocycles. The third-order valence-electron chi connectivity index (χ3n) is 4.23. The SMILES string of the molecule is CNC1CCCN(S(=O)(=O)c2cc3c(cc2[N+](=O)[O-])OCCO3)C1. The van der Waals surface area contributed by atoms with Crippen LogP contribution in [0.3, 0.4) is 0 Å². The highest BCUT2D eigenvalue weighted by Crippen LogP contribution is 2.39. The van der Waals surface area contributed by atoms with Gasteiger partial charge < -0.3 is 14.8 Å². The van der Waals surface area contributed by atoms with Crippen LogP contribution in [0, 0.1) is 10.1 Å². The fraction of sp³-hybridized carbons (Fsp3) is 0.571. The molecule has 1 aromatic carbocycles. The summed E-state index contributed by atoms with van der Waals surface area (Å²) in [6.45, 7) is 1.17. The van der Waals surface area contributed by atoms with E-state index >= 15 is 0 Å². The molecule has 1 aromatic rings. The van der Waals surface area contributed by atoms with Crippen LogP contribution in [0.5, 0.6) is 11.5 Å². The van der Waals surface area contributed by atoms with Crippen molar-refractivity contribution in [2.24, 2.45) is 0 Å². The van der Waals surface area contributed by atoms with Crippen LogP contribution in [-0.4, -0.2) is 57.0 Å². The number of fused-ring (bicyclic) bond motifs is 1. The molecule has 0 saturated carbocycles. The minimum absolute atomic E-state index is 0.0322. The molecule has 0 aliphatic carbocycles. The lowest BCUT2D eigenvalue weighted by Crippen LogP contribution is -2.46. The topological polar surface area (TPSA) is 111 Å². The molecule has 132 valence electrons. The van der Waals surface area contributed by atoms with E-state index in [1.165, 1.54) is 10.4 Å². The summed E-state index contributed by atoms with van der Waals surface area (Å²) < 4.78 is 37.9. The maximum absolute atomic E-state index is 13.0. The van der Waals surface area contributed by atoms with Crippen LogP contribution in [0.1, 0.15) is 12.8 Å². The van der Waals surface area contributed by atoms with E-state index in [-0.39, 0.29) is 42.2 Å². The number of benzene rings is 1. The number of nitrogens with zero attached hydrogens (tertiary/aromatic N) is 2. The van der Waals surface area contributed by atoms with Crippen molar-refractivity contribution < 1.29 is 22.8 Å². The standard InChI is InChI=1S/C14H19N3O6S/c1-15-10-3-2-4-16(9-10)24(20,21)14-8-13-12(22-5-6-23-13)7-11(14)17(18)19/h7-8,10,15H,2-6,9H2,1H3. The molecule has 3 rings (SSSR count). The van der Waals surface area contributed by atoms with Crippen LogP contribution in [0.15, 0.2) is 17.0 Å². The van der Waals surface area contributed by atoms with Gasteiger partial charge in [0.2, 0.25) is 10.0 Å². The highest BCUT2D eigenvalue weighted by Gasteiger charge is 2.36. The third kappa shape index (κ3) is 3.04. The molecule has 0 amide bonds. The molecule has 24 heavy (non-hydrogen) atoms. The fourth-order valence-corrected chi connectivity index (χ4v) is 4.62. The number of hydrogen-bond donors (Lipinski definition) is 1. The third-order valence-corrected chi connectivity index (χ3v) is 6.12. The van der Waals surface area contributed by atoms with Gasteiger partial charge in [-0.15, -0.1) is 0 Å². The van der Waals surface area contributed by atoms with Crippen molar-refractivity contribution >= 4 is 15.7 Å². The second kappa shape index (κ2) is 6.54. The number of nitro benzene ring substituents is 1. The largest absolute Gasteiger partial charge is 0.486 e. The zero-order valence-corrected chi connectivity index (χ0v) is 14.0. The van der Waals surface area contributed by atoms with Crippen LogP contribution in [-0.2, 0) is 10.0 Å². The van der Waals surface area contributed by atoms with Crippen molar-refractivity contribution in [2.75, 3.05) is 33.4 Å². The fourth-order valence-electron chi connectivity index (χ4n) is 2.94. The van der Waals surface area contributed by atoms with Gasteiger partial charge in [-0.2, -0.15) is 4.31 Å². The number of nitro groups is 1. The lowest BCUT2D eigenvalue weighted by Gasteiger charge is -2.31. The summed E-state index contributed by atoms with van der Waals surface area (Å²) in [7, 11) is -2.23. The van der Waals surface area contributed by atoms with Crippen molar-refractivity contribution in [1.29, 1.82) is 0 Å². The zero-order valence-electron chi connectivity index (χ0n) is 13.2. The Labute approximate surface area is 139 Å². The minimum atomic E-state index is -4.00. The van der Waals surface area contributed by atoms with E-state index in [0.29, 0.717) is 13.0 Å². The van der Waals surface area contributed by atoms with Crippen molar-refractivity contribution in [3.8, 4) is 11.5 Å². The molecular formula is C14H19N3O6S. The second-order valence-corrected chi connectivity index (χ2v) is 7.62. The molecule has 0 aromatic heterocycles. The van der Waals surface area contributed by atoms with Crippen LogP contribution in [0.2, 0.25) is 0 Å². The Morgan fingerprint density at radius 2 is 1.96 bits per heavy atom. The lowest BCUT2D eigenvalue weighted by molar-refractivity contribution is -0.388. The number of nitrogens with one attached hydrogen (secondary N) is 1. The summed E-state index contributed by atoms with van der Waals surface area (Å²) in [5.41, 5.74) is -0.495. The molecule has 1 unspecified atom stereocenters. The maximum atomic E-state index is 13.0. The number of sulfonamides is 1. The molecule has 1 N–H and O–H groups in total. The minimum Gasteiger partial charge on any atom is -0.486 e. The monoisotopic (exact) mass is 357 g/mol. The van der Waals surface area contributed by atoms with Gasteiger partial charge in [-0.3, -0.25) is 10.1 Å². The molecule has 1 fully saturated rings. The first-order valence-corrected chi connectivity index (χ1v) is 9.13. The van der Waals surface area contributed by atoms with E-state index in [2.05, 4.69) is 5.32 Å². The van der Waals surface area contributed by atoms with E-state index < -0.39 is 20.6 Å². The molecule has 0 bridgehead atoms. The van der Waals surface area contributed by atoms with Gasteiger partial charge in [0, 0.05) is 25.2 Å². The van der Waals surface area contributed by atoms with Crippen LogP contribution in [0.25, 0.3) is 0 Å². The predicted molar refractivity (Wildman–Crippen MR) is 84.9 cm³/mol. The summed E-state index contributed by atoms with van der Waals surface area (Å²) >= 11 is 0. The quantitative estimate of drug-likeness (QED) is 0.625. The first kappa shape index (κ1) is 16.9. The summed E-state index contributed by atoms with van der Waals surface area (Å²) in [6, 6.07) is 2.36. The lowest BCUT2D eigenvalue weighted by atomic mass is 10.1. The van der Waals surface area contributed by atoms with Gasteiger partial charge in [0.05, 0.1) is 11.0 Å². The van der Waals surface area contributed by atoms with E-state index in [1.807, 2.05) is 0 Å². The first-order valence-electron chi connectivity index (χ1n) is 7.69. The maximum Gasteiger partial charge on any atom is 0.293 e. The van der Waals surface area contributed by atoms with Gasteiger partial charge in [0.25, 0.3) is 5.69 Å². The molecule has 10 heteroatoms. The van der Waals surface area contributed by atoms with Gasteiger partial charge in [0.1, 0.15) is 13.2 Å². The normalized spacial score (nSPS) is 21.5. The summed E-state index contributed by atoms with van der Waals surface area (Å²) in [6.07, 6.45) is 1.56. The zero-order chi connectivity index (χ0) is 17.3. The van der Waals surface area contributed by atoms with Gasteiger partial charge in [0.15, 0.2) is 16.4 Å². The van der Waals surface area contributed by atoms with Gasteiger partial charge in [-0.1, -0.05) is 0 Å². The molecule has 2 aliphatic rings. The number of piperidine rings is 1. The van der Waals surface area contributed by atoms with Crippen molar-refractivity contribution in [2.45, 2.75) is 23.8 Å². The number of rotatable bonds is 4. The molecule has 0 spiro atoms. The van der Waals surface area contributed by atoms with Crippen LogP contribution < -0.4 is 14.8 Å². The van der Waals surface area contributed by atoms with E-state index in [1.54, 1.807) is 7.05 Å². The average molecular weight is 357 g/mol. The number of likely N-dealkylation sites (N-methyl/N-ethyl adjacent to an activating group) is 1. The average Bonchev–Trinajstić information content (AvgIpc) is 2.60. The van der Waals surface area contributed by atoms with Crippen LogP contribution in [0.4, 0.5) is 5.69 Å². The molecule has 1 atom stereocenters. The second-order valence-electron chi connectivity index (χ2n) is 5.71. The number of ether oxygens (including phenoxy) is 2. The van der Waals surface area contributed by atoms with Crippen molar-refractivity contribution in [3.63, 3.8) is 0 Å². The Kier molecular flexibility index (Phi) is 4.61. The number of hydrogen-bond acceptors (Lipinski definition) is 7. The van der Waals surface area contributed by atoms with Crippen molar-refractivity contribution in [3.05, 3.63) is 22.2 Å². The molecule has 9 nitrogen and oxygen atoms in total. The van der Waals surface area contributed by atoms with E-state index in [4.69, 9.17) is 9.47 Å². The molecular weight excluding hydrogens is 338 g/mol. The summed E-state index contributed by atoms with van der Waals surface area (Å²) in [5.74, 6) is 0.409. The smallest absolute Gasteiger partial charge is 0.293 e. The Hall–Kier alpha value is -1.91. The Bertz CT molecular complexity index is 751. The van der Waals surface area contributed by atoms with Crippen LogP contribution >= 0.6 is 0 Å². The predicted octanol–water partition coefficient (Wildman–Crippen LogP) is 0.738. The Morgan fingerprint density at radius 1 is 1.29 bits per heavy atom.